The number of hydrogen-bond acceptors (Lipinski definition) is 3. The minimum atomic E-state index is -0.129. The van der Waals surface area contributed by atoms with Crippen LogP contribution in [0.15, 0.2) is 230 Å². The van der Waals surface area contributed by atoms with Crippen LogP contribution in [0.5, 0.6) is 0 Å². The van der Waals surface area contributed by atoms with Crippen molar-refractivity contribution in [2.45, 2.75) is 46.5 Å². The first-order valence-corrected chi connectivity index (χ1v) is 21.5. The number of benzene rings is 7. The zero-order valence-electron chi connectivity index (χ0n) is 35.9. The summed E-state index contributed by atoms with van der Waals surface area (Å²) < 4.78 is 0. The SMILES string of the molecule is CC1=CCCC=C1.Cc1ccccc1.Cc1ccccc1-c1cccc(C(=O)c2cccc(C(=O)c3cccc(-c4ccccc4N(C4=CCCC=C4)c4ccccc4)c3)c2)c1. The number of allylic oxidation sites excluding steroid dienone is 7. The van der Waals surface area contributed by atoms with E-state index < -0.39 is 0 Å². The van der Waals surface area contributed by atoms with Gasteiger partial charge in [0.25, 0.3) is 0 Å². The molecule has 0 unspecified atom stereocenters. The van der Waals surface area contributed by atoms with Gasteiger partial charge in [0, 0.05) is 39.2 Å². The van der Waals surface area contributed by atoms with Gasteiger partial charge in [-0.1, -0.05) is 187 Å². The van der Waals surface area contributed by atoms with Gasteiger partial charge in [0.15, 0.2) is 11.6 Å². The smallest absolute Gasteiger partial charge is 0.193 e. The lowest BCUT2D eigenvalue weighted by Crippen LogP contribution is -2.17. The molecule has 0 bridgehead atoms. The predicted molar refractivity (Wildman–Crippen MR) is 260 cm³/mol. The highest BCUT2D eigenvalue weighted by atomic mass is 16.1. The zero-order valence-corrected chi connectivity index (χ0v) is 35.9. The number of carbonyl (C=O) groups is 2. The Bertz CT molecular complexity index is 2750. The third-order valence-electron chi connectivity index (χ3n) is 10.9. The van der Waals surface area contributed by atoms with Crippen LogP contribution in [0, 0.1) is 13.8 Å². The van der Waals surface area contributed by atoms with E-state index in [0.29, 0.717) is 22.3 Å². The van der Waals surface area contributed by atoms with Crippen LogP contribution in [0.3, 0.4) is 0 Å². The normalized spacial score (nSPS) is 12.7. The highest BCUT2D eigenvalue weighted by Crippen LogP contribution is 2.39. The average Bonchev–Trinajstić information content (AvgIpc) is 3.33. The first-order valence-electron chi connectivity index (χ1n) is 21.5. The van der Waals surface area contributed by atoms with Crippen LogP contribution in [-0.4, -0.2) is 11.6 Å². The van der Waals surface area contributed by atoms with Gasteiger partial charge < -0.3 is 4.90 Å². The summed E-state index contributed by atoms with van der Waals surface area (Å²) in [5.41, 5.74) is 13.3. The summed E-state index contributed by atoms with van der Waals surface area (Å²) in [5.74, 6) is -0.245. The highest BCUT2D eigenvalue weighted by molar-refractivity contribution is 6.14. The molecule has 0 heterocycles. The number of anilines is 2. The van der Waals surface area contributed by atoms with Crippen molar-refractivity contribution in [1.29, 1.82) is 0 Å². The van der Waals surface area contributed by atoms with E-state index >= 15 is 0 Å². The van der Waals surface area contributed by atoms with E-state index in [1.54, 1.807) is 24.3 Å². The van der Waals surface area contributed by atoms with E-state index in [0.717, 1.165) is 57.7 Å². The minimum absolute atomic E-state index is 0.116. The Morgan fingerprint density at radius 1 is 0.435 bits per heavy atom. The maximum Gasteiger partial charge on any atom is 0.193 e. The maximum atomic E-state index is 14.0. The van der Waals surface area contributed by atoms with Gasteiger partial charge in [0.1, 0.15) is 0 Å². The first kappa shape index (κ1) is 42.8. The molecule has 62 heavy (non-hydrogen) atoms. The number of hydrogen-bond donors (Lipinski definition) is 0. The van der Waals surface area contributed by atoms with Crippen molar-refractivity contribution in [3.05, 3.63) is 263 Å². The van der Waals surface area contributed by atoms with Gasteiger partial charge >= 0.3 is 0 Å². The van der Waals surface area contributed by atoms with Gasteiger partial charge in [-0.3, -0.25) is 9.59 Å². The molecule has 2 aliphatic rings. The van der Waals surface area contributed by atoms with Crippen molar-refractivity contribution < 1.29 is 9.59 Å². The van der Waals surface area contributed by atoms with E-state index in [1.807, 2.05) is 91.0 Å². The highest BCUT2D eigenvalue weighted by Gasteiger charge is 2.20. The summed E-state index contributed by atoms with van der Waals surface area (Å²) in [5, 5.41) is 0. The van der Waals surface area contributed by atoms with Crippen molar-refractivity contribution in [1.82, 2.24) is 0 Å². The molecule has 0 aromatic heterocycles. The summed E-state index contributed by atoms with van der Waals surface area (Å²) in [6, 6.07) is 59.6. The molecule has 0 atom stereocenters. The molecular formula is C59H53NO2. The van der Waals surface area contributed by atoms with Crippen LogP contribution in [0.1, 0.15) is 75.6 Å². The summed E-state index contributed by atoms with van der Waals surface area (Å²) in [7, 11) is 0. The van der Waals surface area contributed by atoms with Gasteiger partial charge in [0.2, 0.25) is 0 Å². The van der Waals surface area contributed by atoms with Crippen LogP contribution in [-0.2, 0) is 0 Å². The molecule has 0 radical (unpaired) electrons. The zero-order chi connectivity index (χ0) is 43.1. The topological polar surface area (TPSA) is 37.4 Å². The second-order valence-corrected chi connectivity index (χ2v) is 15.6. The number of ketones is 2. The third-order valence-corrected chi connectivity index (χ3v) is 10.9. The first-order chi connectivity index (χ1) is 30.4. The maximum absolute atomic E-state index is 14.0. The van der Waals surface area contributed by atoms with Crippen molar-refractivity contribution in [3.8, 4) is 22.3 Å². The Morgan fingerprint density at radius 2 is 0.935 bits per heavy atom. The molecule has 3 heteroatoms. The summed E-state index contributed by atoms with van der Waals surface area (Å²) in [6.07, 6.45) is 17.8. The molecule has 0 saturated heterocycles. The summed E-state index contributed by atoms with van der Waals surface area (Å²) in [6.45, 7) is 6.28. The van der Waals surface area contributed by atoms with Crippen molar-refractivity contribution in [2.24, 2.45) is 0 Å². The number of rotatable bonds is 9. The van der Waals surface area contributed by atoms with Crippen molar-refractivity contribution in [2.75, 3.05) is 4.90 Å². The summed E-state index contributed by atoms with van der Waals surface area (Å²) in [4.78, 5) is 29.9. The number of nitrogens with zero attached hydrogens (tertiary/aromatic N) is 1. The second-order valence-electron chi connectivity index (χ2n) is 15.6. The molecule has 7 aromatic rings. The van der Waals surface area contributed by atoms with E-state index in [9.17, 15) is 9.59 Å². The second kappa shape index (κ2) is 21.2. The molecule has 0 amide bonds. The van der Waals surface area contributed by atoms with Gasteiger partial charge in [0.05, 0.1) is 5.69 Å². The Kier molecular flexibility index (Phi) is 14.7. The van der Waals surface area contributed by atoms with Crippen LogP contribution in [0.4, 0.5) is 11.4 Å². The molecule has 306 valence electrons. The van der Waals surface area contributed by atoms with Gasteiger partial charge in [-0.25, -0.2) is 0 Å². The van der Waals surface area contributed by atoms with E-state index in [1.165, 1.54) is 24.0 Å². The molecule has 9 rings (SSSR count). The van der Waals surface area contributed by atoms with Crippen molar-refractivity contribution >= 4 is 22.9 Å². The number of aryl methyl sites for hydroxylation is 2. The Hall–Kier alpha value is -7.36. The molecule has 0 aliphatic heterocycles. The lowest BCUT2D eigenvalue weighted by molar-refractivity contribution is 0.103. The van der Waals surface area contributed by atoms with Crippen LogP contribution in [0.2, 0.25) is 0 Å². The largest absolute Gasteiger partial charge is 0.310 e. The van der Waals surface area contributed by atoms with Crippen LogP contribution < -0.4 is 4.90 Å². The Labute approximate surface area is 367 Å². The van der Waals surface area contributed by atoms with Gasteiger partial charge in [-0.05, 0) is 111 Å². The van der Waals surface area contributed by atoms with Gasteiger partial charge in [-0.15, -0.1) is 0 Å². The standard InChI is InChI=1S/C45H35NO2.C7H10.C7H8/c1-32-15-8-9-26-41(32)33-16-12-18-35(29-33)44(47)37-20-14-21-38(31-37)45(48)36-19-13-17-34(30-36)42-27-10-11-28-43(42)46(39-22-4-2-5-23-39)40-24-6-3-7-25-40;2*1-7-5-3-2-4-6-7/h2,4-6,8-31H,3,7H2,1H3;3,5-6H,2,4H2,1H3;2-6H,1H3. The van der Waals surface area contributed by atoms with Gasteiger partial charge in [-0.2, -0.15) is 0 Å². The summed E-state index contributed by atoms with van der Waals surface area (Å²) >= 11 is 0. The molecule has 0 saturated carbocycles. The quantitative estimate of drug-likeness (QED) is 0.136. The minimum Gasteiger partial charge on any atom is -0.310 e. The molecule has 0 spiro atoms. The Balaban J connectivity index is 0.000000349. The average molecular weight is 808 g/mol. The van der Waals surface area contributed by atoms with Crippen molar-refractivity contribution in [3.63, 3.8) is 0 Å². The van der Waals surface area contributed by atoms with Crippen LogP contribution >= 0.6 is 0 Å². The van der Waals surface area contributed by atoms with Crippen LogP contribution in [0.25, 0.3) is 22.3 Å². The lowest BCUT2D eigenvalue weighted by Gasteiger charge is -2.29. The molecule has 0 fully saturated rings. The molecular weight excluding hydrogens is 755 g/mol. The predicted octanol–water partition coefficient (Wildman–Crippen LogP) is 15.4. The van der Waals surface area contributed by atoms with E-state index in [-0.39, 0.29) is 11.6 Å². The fourth-order valence-electron chi connectivity index (χ4n) is 7.65. The molecule has 3 nitrogen and oxygen atoms in total. The number of para-hydroxylation sites is 2. The lowest BCUT2D eigenvalue weighted by atomic mass is 9.93. The monoisotopic (exact) mass is 807 g/mol. The number of carbonyl (C=O) groups excluding carboxylic acids is 2. The third kappa shape index (κ3) is 11.1. The Morgan fingerprint density at radius 3 is 1.45 bits per heavy atom. The fourth-order valence-corrected chi connectivity index (χ4v) is 7.65. The fraction of sp³-hybridized carbons (Fsp3) is 0.119. The molecule has 7 aromatic carbocycles. The van der Waals surface area contributed by atoms with E-state index in [2.05, 4.69) is 129 Å². The molecule has 0 N–H and O–H groups in total. The molecule has 2 aliphatic carbocycles. The van der Waals surface area contributed by atoms with E-state index in [4.69, 9.17) is 0 Å².